The second-order valence-corrected chi connectivity index (χ2v) is 5.13. The third-order valence-electron chi connectivity index (χ3n) is 1.87. The van der Waals surface area contributed by atoms with Gasteiger partial charge in [-0.25, -0.2) is 13.1 Å². The van der Waals surface area contributed by atoms with E-state index in [1.54, 1.807) is 0 Å². The van der Waals surface area contributed by atoms with Gasteiger partial charge in [-0.2, -0.15) is 0 Å². The Morgan fingerprint density at radius 2 is 1.70 bits per heavy atom. The Morgan fingerprint density at radius 1 is 1.10 bits per heavy atom. The topological polar surface area (TPSA) is 46.2 Å². The largest absolute Gasteiger partial charge is 0.214 e. The van der Waals surface area contributed by atoms with Gasteiger partial charge in [-0.15, -0.1) is 0 Å². The van der Waals surface area contributed by atoms with Crippen molar-refractivity contribution in [2.24, 2.45) is 0 Å². The van der Waals surface area contributed by atoms with Crippen molar-refractivity contribution in [1.82, 2.24) is 4.72 Å². The lowest BCUT2D eigenvalue weighted by molar-refractivity contribution is 0.579. The maximum atomic E-state index is 11.1. The molecule has 0 bridgehead atoms. The summed E-state index contributed by atoms with van der Waals surface area (Å²) >= 11 is 0. The summed E-state index contributed by atoms with van der Waals surface area (Å²) in [7, 11) is -2.87. The van der Waals surface area contributed by atoms with Crippen molar-refractivity contribution in [2.75, 3.05) is 0 Å². The van der Waals surface area contributed by atoms with Crippen molar-refractivity contribution < 1.29 is 8.42 Å². The molecule has 2 aliphatic carbocycles. The van der Waals surface area contributed by atoms with E-state index in [0.29, 0.717) is 0 Å². The first-order chi connectivity index (χ1) is 4.68. The minimum atomic E-state index is -2.87. The normalized spacial score (nSPS) is 26.8. The van der Waals surface area contributed by atoms with Crippen LogP contribution in [0.25, 0.3) is 0 Å². The van der Waals surface area contributed by atoms with Gasteiger partial charge < -0.3 is 0 Å². The number of sulfonamides is 1. The first-order valence-corrected chi connectivity index (χ1v) is 5.24. The predicted octanol–water partition coefficient (Wildman–Crippen LogP) is 0.231. The molecule has 0 aliphatic heterocycles. The zero-order chi connectivity index (χ0) is 7.19. The molecule has 0 amide bonds. The van der Waals surface area contributed by atoms with Gasteiger partial charge in [0.05, 0.1) is 5.25 Å². The smallest absolute Gasteiger partial charge is 0.212 e. The van der Waals surface area contributed by atoms with E-state index in [1.165, 1.54) is 0 Å². The summed E-state index contributed by atoms with van der Waals surface area (Å²) in [5.41, 5.74) is 0. The van der Waals surface area contributed by atoms with E-state index in [2.05, 4.69) is 4.72 Å². The van der Waals surface area contributed by atoms with Crippen molar-refractivity contribution in [3.8, 4) is 0 Å². The highest BCUT2D eigenvalue weighted by atomic mass is 32.2. The van der Waals surface area contributed by atoms with Crippen molar-refractivity contribution in [2.45, 2.75) is 37.0 Å². The lowest BCUT2D eigenvalue weighted by Gasteiger charge is -2.00. The molecular formula is C6H11NO2S. The van der Waals surface area contributed by atoms with E-state index in [-0.39, 0.29) is 11.3 Å². The lowest BCUT2D eigenvalue weighted by atomic mass is 10.8. The Bertz CT molecular complexity index is 226. The Kier molecular flexibility index (Phi) is 1.29. The Labute approximate surface area is 60.9 Å². The van der Waals surface area contributed by atoms with Crippen molar-refractivity contribution in [1.29, 1.82) is 0 Å². The maximum Gasteiger partial charge on any atom is 0.214 e. The second kappa shape index (κ2) is 1.95. The SMILES string of the molecule is O=S(=O)(NC1CC1)C1CC1. The molecule has 0 unspecified atom stereocenters. The summed E-state index contributed by atoms with van der Waals surface area (Å²) in [5, 5.41) is -0.0481. The lowest BCUT2D eigenvalue weighted by Crippen LogP contribution is -2.28. The second-order valence-electron chi connectivity index (χ2n) is 3.14. The number of hydrogen-bond donors (Lipinski definition) is 1. The first kappa shape index (κ1) is 6.61. The number of nitrogens with one attached hydrogen (secondary N) is 1. The summed E-state index contributed by atoms with van der Waals surface area (Å²) in [6.07, 6.45) is 3.79. The van der Waals surface area contributed by atoms with E-state index in [9.17, 15) is 8.42 Å². The van der Waals surface area contributed by atoms with Crippen molar-refractivity contribution in [3.05, 3.63) is 0 Å². The summed E-state index contributed by atoms with van der Waals surface area (Å²) in [6.45, 7) is 0. The Morgan fingerprint density at radius 3 is 2.10 bits per heavy atom. The Balaban J connectivity index is 1.98. The molecule has 0 spiro atoms. The summed E-state index contributed by atoms with van der Waals surface area (Å²) in [5.74, 6) is 0. The highest BCUT2D eigenvalue weighted by Gasteiger charge is 2.38. The third-order valence-corrected chi connectivity index (χ3v) is 3.88. The van der Waals surface area contributed by atoms with Crippen molar-refractivity contribution in [3.63, 3.8) is 0 Å². The summed E-state index contributed by atoms with van der Waals surface area (Å²) in [4.78, 5) is 0. The summed E-state index contributed by atoms with van der Waals surface area (Å²) in [6, 6.07) is 0.283. The minimum Gasteiger partial charge on any atom is -0.212 e. The molecule has 2 saturated carbocycles. The first-order valence-electron chi connectivity index (χ1n) is 3.69. The summed E-state index contributed by atoms with van der Waals surface area (Å²) < 4.78 is 24.9. The van der Waals surface area contributed by atoms with Crippen LogP contribution >= 0.6 is 0 Å². The van der Waals surface area contributed by atoms with Crippen LogP contribution in [-0.2, 0) is 10.0 Å². The van der Waals surface area contributed by atoms with Crippen LogP contribution in [0.2, 0.25) is 0 Å². The van der Waals surface area contributed by atoms with E-state index in [0.717, 1.165) is 25.7 Å². The van der Waals surface area contributed by atoms with Crippen LogP contribution in [0.3, 0.4) is 0 Å². The monoisotopic (exact) mass is 161 g/mol. The number of hydrogen-bond acceptors (Lipinski definition) is 2. The fraction of sp³-hybridized carbons (Fsp3) is 1.00. The van der Waals surface area contributed by atoms with Crippen LogP contribution in [0, 0.1) is 0 Å². The number of rotatable bonds is 3. The molecule has 0 aromatic carbocycles. The molecule has 2 fully saturated rings. The molecule has 0 saturated heterocycles. The van der Waals surface area contributed by atoms with Gasteiger partial charge in [-0.3, -0.25) is 0 Å². The van der Waals surface area contributed by atoms with Crippen LogP contribution < -0.4 is 4.72 Å². The van der Waals surface area contributed by atoms with Gasteiger partial charge in [0, 0.05) is 6.04 Å². The highest BCUT2D eigenvalue weighted by Crippen LogP contribution is 2.30. The van der Waals surface area contributed by atoms with Gasteiger partial charge in [0.2, 0.25) is 10.0 Å². The molecule has 10 heavy (non-hydrogen) atoms. The zero-order valence-corrected chi connectivity index (χ0v) is 6.52. The highest BCUT2D eigenvalue weighted by molar-refractivity contribution is 7.90. The zero-order valence-electron chi connectivity index (χ0n) is 5.71. The van der Waals surface area contributed by atoms with Crippen molar-refractivity contribution >= 4 is 10.0 Å². The van der Waals surface area contributed by atoms with E-state index >= 15 is 0 Å². The van der Waals surface area contributed by atoms with Crippen LogP contribution in [-0.4, -0.2) is 19.7 Å². The van der Waals surface area contributed by atoms with Crippen LogP contribution in [0.15, 0.2) is 0 Å². The third kappa shape index (κ3) is 1.32. The van der Waals surface area contributed by atoms with E-state index in [1.807, 2.05) is 0 Å². The maximum absolute atomic E-state index is 11.1. The van der Waals surface area contributed by atoms with Gasteiger partial charge in [0.1, 0.15) is 0 Å². The molecule has 2 rings (SSSR count). The quantitative estimate of drug-likeness (QED) is 0.644. The average molecular weight is 161 g/mol. The van der Waals surface area contributed by atoms with Gasteiger partial charge in [-0.1, -0.05) is 0 Å². The molecule has 0 aromatic rings. The fourth-order valence-electron chi connectivity index (χ4n) is 0.908. The van der Waals surface area contributed by atoms with Gasteiger partial charge in [-0.05, 0) is 25.7 Å². The predicted molar refractivity (Wildman–Crippen MR) is 38.1 cm³/mol. The molecule has 4 heteroatoms. The average Bonchev–Trinajstić information content (AvgIpc) is 2.58. The molecule has 0 heterocycles. The fourth-order valence-corrected chi connectivity index (χ4v) is 2.56. The molecule has 0 atom stereocenters. The molecule has 1 N–H and O–H groups in total. The van der Waals surface area contributed by atoms with Crippen LogP contribution in [0.4, 0.5) is 0 Å². The molecule has 0 aromatic heterocycles. The van der Waals surface area contributed by atoms with Gasteiger partial charge in [0.15, 0.2) is 0 Å². The van der Waals surface area contributed by atoms with Crippen LogP contribution in [0.5, 0.6) is 0 Å². The molecule has 2 aliphatic rings. The molecule has 58 valence electrons. The molecule has 0 radical (unpaired) electrons. The minimum absolute atomic E-state index is 0.0481. The molecule has 3 nitrogen and oxygen atoms in total. The molecular weight excluding hydrogens is 150 g/mol. The standard InChI is InChI=1S/C6H11NO2S/c8-10(9,6-3-4-6)7-5-1-2-5/h5-7H,1-4H2. The van der Waals surface area contributed by atoms with Gasteiger partial charge in [0.25, 0.3) is 0 Å². The van der Waals surface area contributed by atoms with Gasteiger partial charge >= 0.3 is 0 Å². The van der Waals surface area contributed by atoms with Crippen LogP contribution in [0.1, 0.15) is 25.7 Å². The van der Waals surface area contributed by atoms with E-state index in [4.69, 9.17) is 0 Å². The van der Waals surface area contributed by atoms with E-state index < -0.39 is 10.0 Å². The Hall–Kier alpha value is -0.0900.